The summed E-state index contributed by atoms with van der Waals surface area (Å²) in [6, 6.07) is 11.6. The first kappa shape index (κ1) is 16.9. The molecule has 5 nitrogen and oxygen atoms in total. The van der Waals surface area contributed by atoms with Crippen molar-refractivity contribution in [2.45, 2.75) is 50.7 Å². The quantitative estimate of drug-likeness (QED) is 0.860. The maximum absolute atomic E-state index is 12.7. The molecule has 1 aliphatic heterocycles. The Labute approximate surface area is 153 Å². The minimum atomic E-state index is -0.140. The van der Waals surface area contributed by atoms with E-state index in [0.29, 0.717) is 17.2 Å². The van der Waals surface area contributed by atoms with Crippen LogP contribution in [0, 0.1) is 0 Å². The van der Waals surface area contributed by atoms with Crippen molar-refractivity contribution in [2.75, 3.05) is 0 Å². The zero-order valence-electron chi connectivity index (χ0n) is 14.9. The van der Waals surface area contributed by atoms with Gasteiger partial charge in [0.15, 0.2) is 0 Å². The molecule has 4 rings (SSSR count). The molecule has 0 bridgehead atoms. The molecule has 2 heterocycles. The van der Waals surface area contributed by atoms with E-state index in [1.54, 1.807) is 24.5 Å². The van der Waals surface area contributed by atoms with Gasteiger partial charge in [0.25, 0.3) is 11.8 Å². The van der Waals surface area contributed by atoms with Gasteiger partial charge in [-0.05, 0) is 62.4 Å². The molecule has 1 saturated carbocycles. The Balaban J connectivity index is 1.46. The van der Waals surface area contributed by atoms with Crippen molar-refractivity contribution < 1.29 is 9.59 Å². The van der Waals surface area contributed by atoms with Crippen molar-refractivity contribution in [3.05, 3.63) is 65.5 Å². The molecule has 0 radical (unpaired) electrons. The number of nitrogens with one attached hydrogen (secondary N) is 1. The fourth-order valence-electron chi connectivity index (χ4n) is 4.19. The predicted molar refractivity (Wildman–Crippen MR) is 98.8 cm³/mol. The maximum Gasteiger partial charge on any atom is 0.261 e. The van der Waals surface area contributed by atoms with Crippen LogP contribution in [0.3, 0.4) is 0 Å². The number of fused-ring (bicyclic) bond motifs is 1. The lowest BCUT2D eigenvalue weighted by molar-refractivity contribution is 0.0531. The third-order valence-corrected chi connectivity index (χ3v) is 5.53. The normalized spacial score (nSPS) is 23.8. The van der Waals surface area contributed by atoms with Crippen molar-refractivity contribution in [3.8, 4) is 0 Å². The Hall–Kier alpha value is -2.53. The van der Waals surface area contributed by atoms with Gasteiger partial charge in [0.05, 0.1) is 11.1 Å². The zero-order valence-corrected chi connectivity index (χ0v) is 14.9. The highest BCUT2D eigenvalue weighted by Crippen LogP contribution is 2.31. The average Bonchev–Trinajstić information content (AvgIpc) is 2.94. The largest absolute Gasteiger partial charge is 0.307 e. The number of amides is 2. The summed E-state index contributed by atoms with van der Waals surface area (Å²) in [6.07, 6.45) is 7.37. The Morgan fingerprint density at radius 1 is 1.04 bits per heavy atom. The number of hydrogen-bond acceptors (Lipinski definition) is 4. The molecular weight excluding hydrogens is 326 g/mol. The number of nitrogens with zero attached hydrogens (tertiary/aromatic N) is 2. The monoisotopic (exact) mass is 349 g/mol. The average molecular weight is 349 g/mol. The third kappa shape index (κ3) is 3.03. The summed E-state index contributed by atoms with van der Waals surface area (Å²) >= 11 is 0. The first-order valence-corrected chi connectivity index (χ1v) is 9.28. The van der Waals surface area contributed by atoms with Crippen LogP contribution < -0.4 is 5.32 Å². The minimum absolute atomic E-state index is 0.0294. The van der Waals surface area contributed by atoms with E-state index in [9.17, 15) is 9.59 Å². The van der Waals surface area contributed by atoms with Gasteiger partial charge >= 0.3 is 0 Å². The van der Waals surface area contributed by atoms with E-state index in [1.165, 1.54) is 10.5 Å². The molecule has 2 amide bonds. The van der Waals surface area contributed by atoms with Crippen LogP contribution in [0.25, 0.3) is 0 Å². The second kappa shape index (κ2) is 7.00. The van der Waals surface area contributed by atoms with E-state index in [-0.39, 0.29) is 23.9 Å². The molecule has 1 aliphatic carbocycles. The summed E-state index contributed by atoms with van der Waals surface area (Å²) in [5, 5.41) is 3.66. The fraction of sp³-hybridized carbons (Fsp3) is 0.381. The first-order chi connectivity index (χ1) is 12.6. The number of pyridine rings is 1. The van der Waals surface area contributed by atoms with E-state index in [1.807, 2.05) is 24.3 Å². The van der Waals surface area contributed by atoms with Gasteiger partial charge in [0, 0.05) is 30.5 Å². The molecule has 1 fully saturated rings. The van der Waals surface area contributed by atoms with Crippen LogP contribution in [-0.4, -0.2) is 33.8 Å². The van der Waals surface area contributed by atoms with Gasteiger partial charge in [-0.1, -0.05) is 12.1 Å². The SMILES string of the molecule is CC(NC1CCCC(N2C(=O)c3ccccc3C2=O)C1)c1ccncc1. The molecule has 3 unspecified atom stereocenters. The van der Waals surface area contributed by atoms with Gasteiger partial charge in [-0.3, -0.25) is 19.5 Å². The van der Waals surface area contributed by atoms with Crippen LogP contribution in [0.2, 0.25) is 0 Å². The Kier molecular flexibility index (Phi) is 4.55. The number of aromatic nitrogens is 1. The molecule has 2 aliphatic rings. The van der Waals surface area contributed by atoms with Crippen molar-refractivity contribution in [1.82, 2.24) is 15.2 Å². The topological polar surface area (TPSA) is 62.3 Å². The molecule has 26 heavy (non-hydrogen) atoms. The first-order valence-electron chi connectivity index (χ1n) is 9.28. The molecular formula is C21H23N3O2. The summed E-state index contributed by atoms with van der Waals surface area (Å²) in [4.78, 5) is 31.0. The molecule has 1 aromatic heterocycles. The molecule has 1 aromatic carbocycles. The molecule has 5 heteroatoms. The van der Waals surface area contributed by atoms with Crippen molar-refractivity contribution in [1.29, 1.82) is 0 Å². The smallest absolute Gasteiger partial charge is 0.261 e. The Morgan fingerprint density at radius 3 is 2.35 bits per heavy atom. The Morgan fingerprint density at radius 2 is 1.69 bits per heavy atom. The van der Waals surface area contributed by atoms with Crippen molar-refractivity contribution >= 4 is 11.8 Å². The molecule has 0 saturated heterocycles. The fourth-order valence-corrected chi connectivity index (χ4v) is 4.19. The predicted octanol–water partition coefficient (Wildman–Crippen LogP) is 3.34. The molecule has 134 valence electrons. The van der Waals surface area contributed by atoms with Crippen LogP contribution in [0.15, 0.2) is 48.8 Å². The van der Waals surface area contributed by atoms with Crippen molar-refractivity contribution in [3.63, 3.8) is 0 Å². The van der Waals surface area contributed by atoms with Gasteiger partial charge in [-0.2, -0.15) is 0 Å². The second-order valence-electron chi connectivity index (χ2n) is 7.21. The summed E-state index contributed by atoms with van der Waals surface area (Å²) in [7, 11) is 0. The van der Waals surface area contributed by atoms with Crippen LogP contribution in [-0.2, 0) is 0 Å². The van der Waals surface area contributed by atoms with Gasteiger partial charge in [-0.25, -0.2) is 0 Å². The summed E-state index contributed by atoms with van der Waals surface area (Å²) in [5.41, 5.74) is 2.28. The lowest BCUT2D eigenvalue weighted by Gasteiger charge is -2.35. The number of rotatable bonds is 4. The standard InChI is InChI=1S/C21H23N3O2/c1-14(15-9-11-22-12-10-15)23-16-5-4-6-17(13-16)24-20(25)18-7-2-3-8-19(18)21(24)26/h2-3,7-12,14,16-17,23H,4-6,13H2,1H3. The Bertz CT molecular complexity index is 786. The van der Waals surface area contributed by atoms with Crippen LogP contribution >= 0.6 is 0 Å². The molecule has 1 N–H and O–H groups in total. The zero-order chi connectivity index (χ0) is 18.1. The number of benzene rings is 1. The van der Waals surface area contributed by atoms with E-state index in [2.05, 4.69) is 17.2 Å². The summed E-state index contributed by atoms with van der Waals surface area (Å²) < 4.78 is 0. The van der Waals surface area contributed by atoms with E-state index in [0.717, 1.165) is 25.7 Å². The number of hydrogen-bond donors (Lipinski definition) is 1. The molecule has 0 spiro atoms. The van der Waals surface area contributed by atoms with E-state index in [4.69, 9.17) is 0 Å². The van der Waals surface area contributed by atoms with E-state index >= 15 is 0 Å². The third-order valence-electron chi connectivity index (χ3n) is 5.53. The van der Waals surface area contributed by atoms with Crippen LogP contribution in [0.4, 0.5) is 0 Å². The number of carbonyl (C=O) groups excluding carboxylic acids is 2. The maximum atomic E-state index is 12.7. The second-order valence-corrected chi connectivity index (χ2v) is 7.21. The number of carbonyl (C=O) groups is 2. The highest BCUT2D eigenvalue weighted by molar-refractivity contribution is 6.21. The highest BCUT2D eigenvalue weighted by Gasteiger charge is 2.41. The van der Waals surface area contributed by atoms with Gasteiger partial charge in [0.2, 0.25) is 0 Å². The highest BCUT2D eigenvalue weighted by atomic mass is 16.2. The van der Waals surface area contributed by atoms with Crippen LogP contribution in [0.5, 0.6) is 0 Å². The molecule has 2 aromatic rings. The minimum Gasteiger partial charge on any atom is -0.307 e. The van der Waals surface area contributed by atoms with Crippen molar-refractivity contribution in [2.24, 2.45) is 0 Å². The van der Waals surface area contributed by atoms with Gasteiger partial charge in [0.1, 0.15) is 0 Å². The lowest BCUT2D eigenvalue weighted by atomic mass is 9.89. The summed E-state index contributed by atoms with van der Waals surface area (Å²) in [6.45, 7) is 2.14. The van der Waals surface area contributed by atoms with Gasteiger partial charge in [-0.15, -0.1) is 0 Å². The number of imide groups is 1. The van der Waals surface area contributed by atoms with E-state index < -0.39 is 0 Å². The summed E-state index contributed by atoms with van der Waals surface area (Å²) in [5.74, 6) is -0.281. The van der Waals surface area contributed by atoms with Crippen LogP contribution in [0.1, 0.15) is 64.9 Å². The lowest BCUT2D eigenvalue weighted by Crippen LogP contribution is -2.47. The van der Waals surface area contributed by atoms with Gasteiger partial charge < -0.3 is 5.32 Å². The molecule has 3 atom stereocenters.